The molecule has 0 fully saturated rings. The molecular formula is C20H18ClF2N5O2. The molecule has 1 aromatic carbocycles. The first-order chi connectivity index (χ1) is 15.1. The zero-order valence-electron chi connectivity index (χ0n) is 18.1. The standard InChI is InChI=1S/C20H18ClF2N5O2/c1-11-6-24-20(21)26-17(11)16-9-27-8-13(10-30-2)28(19(29)18(27)25-16)7-12-3-4-14(22)15(23)5-12/h3-6,9,13H,7-8,10H2,1-2H3/t13-/m1/s1/i7D2. The summed E-state index contributed by atoms with van der Waals surface area (Å²) in [7, 11) is 1.43. The largest absolute Gasteiger partial charge is 0.382 e. The Kier molecular flexibility index (Phi) is 4.82. The molecule has 3 heterocycles. The lowest BCUT2D eigenvalue weighted by Crippen LogP contribution is -2.49. The molecule has 1 atom stereocenters. The molecule has 0 radical (unpaired) electrons. The van der Waals surface area contributed by atoms with Gasteiger partial charge in [-0.3, -0.25) is 4.79 Å². The van der Waals surface area contributed by atoms with E-state index < -0.39 is 30.1 Å². The summed E-state index contributed by atoms with van der Waals surface area (Å²) in [5.41, 5.74) is 1.31. The van der Waals surface area contributed by atoms with E-state index in [9.17, 15) is 13.6 Å². The lowest BCUT2D eigenvalue weighted by atomic mass is 10.1. The molecule has 30 heavy (non-hydrogen) atoms. The molecule has 0 spiro atoms. The van der Waals surface area contributed by atoms with Crippen LogP contribution in [0.3, 0.4) is 0 Å². The quantitative estimate of drug-likeness (QED) is 0.575. The van der Waals surface area contributed by atoms with E-state index in [-0.39, 0.29) is 29.8 Å². The number of benzene rings is 1. The lowest BCUT2D eigenvalue weighted by Gasteiger charge is -2.35. The number of imidazole rings is 1. The summed E-state index contributed by atoms with van der Waals surface area (Å²) in [5.74, 6) is -3.06. The SMILES string of the molecule is [2H]C([2H])(c1ccc(F)c(F)c1)N1C(=O)c2nc(-c3nc(Cl)ncc3C)cn2C[C@@H]1COC. The minimum Gasteiger partial charge on any atom is -0.382 e. The van der Waals surface area contributed by atoms with Crippen molar-refractivity contribution in [1.29, 1.82) is 0 Å². The fourth-order valence-electron chi connectivity index (χ4n) is 3.27. The highest BCUT2D eigenvalue weighted by atomic mass is 35.5. The number of hydrogen-bond donors (Lipinski definition) is 0. The van der Waals surface area contributed by atoms with Crippen LogP contribution in [0.4, 0.5) is 8.78 Å². The number of hydrogen-bond acceptors (Lipinski definition) is 5. The molecule has 0 aliphatic carbocycles. The monoisotopic (exact) mass is 435 g/mol. The smallest absolute Gasteiger partial charge is 0.290 e. The van der Waals surface area contributed by atoms with Crippen molar-refractivity contribution < 1.29 is 21.1 Å². The van der Waals surface area contributed by atoms with E-state index >= 15 is 0 Å². The summed E-state index contributed by atoms with van der Waals surface area (Å²) < 4.78 is 51.2. The van der Waals surface area contributed by atoms with Crippen LogP contribution in [0, 0.1) is 18.6 Å². The van der Waals surface area contributed by atoms with E-state index in [1.54, 1.807) is 17.7 Å². The van der Waals surface area contributed by atoms with Gasteiger partial charge in [0.2, 0.25) is 5.28 Å². The van der Waals surface area contributed by atoms with Crippen molar-refractivity contribution in [1.82, 2.24) is 24.4 Å². The third-order valence-corrected chi connectivity index (χ3v) is 4.85. The molecular weight excluding hydrogens is 416 g/mol. The first kappa shape index (κ1) is 17.9. The number of amides is 1. The van der Waals surface area contributed by atoms with Crippen molar-refractivity contribution in [3.8, 4) is 11.4 Å². The normalized spacial score (nSPS) is 17.6. The highest BCUT2D eigenvalue weighted by molar-refractivity contribution is 6.28. The van der Waals surface area contributed by atoms with Gasteiger partial charge < -0.3 is 14.2 Å². The summed E-state index contributed by atoms with van der Waals surface area (Å²) in [6, 6.07) is 1.93. The maximum atomic E-state index is 13.8. The van der Waals surface area contributed by atoms with E-state index in [0.29, 0.717) is 17.0 Å². The summed E-state index contributed by atoms with van der Waals surface area (Å²) in [6.45, 7) is -0.503. The molecule has 0 saturated carbocycles. The van der Waals surface area contributed by atoms with Gasteiger partial charge in [-0.2, -0.15) is 0 Å². The van der Waals surface area contributed by atoms with Gasteiger partial charge in [0.05, 0.1) is 21.1 Å². The van der Waals surface area contributed by atoms with Gasteiger partial charge in [0.25, 0.3) is 5.91 Å². The van der Waals surface area contributed by atoms with Gasteiger partial charge in [0.15, 0.2) is 17.5 Å². The van der Waals surface area contributed by atoms with Crippen molar-refractivity contribution in [3.63, 3.8) is 0 Å². The van der Waals surface area contributed by atoms with E-state index in [1.807, 2.05) is 0 Å². The van der Waals surface area contributed by atoms with Gasteiger partial charge >= 0.3 is 0 Å². The Morgan fingerprint density at radius 1 is 1.33 bits per heavy atom. The minimum absolute atomic E-state index is 0.0141. The Morgan fingerprint density at radius 2 is 2.13 bits per heavy atom. The first-order valence-electron chi connectivity index (χ1n) is 9.98. The number of ether oxygens (including phenoxy) is 1. The molecule has 0 N–H and O–H groups in total. The second kappa shape index (κ2) is 8.08. The highest BCUT2D eigenvalue weighted by Crippen LogP contribution is 2.26. The molecule has 156 valence electrons. The Hall–Kier alpha value is -2.91. The Bertz CT molecular complexity index is 1210. The van der Waals surface area contributed by atoms with Crippen molar-refractivity contribution in [2.45, 2.75) is 26.0 Å². The van der Waals surface area contributed by atoms with Crippen LogP contribution in [-0.4, -0.2) is 50.1 Å². The van der Waals surface area contributed by atoms with Crippen molar-refractivity contribution in [3.05, 3.63) is 64.5 Å². The number of carbonyl (C=O) groups is 1. The molecule has 3 aromatic rings. The Morgan fingerprint density at radius 3 is 2.87 bits per heavy atom. The zero-order chi connectivity index (χ0) is 23.2. The third-order valence-electron chi connectivity index (χ3n) is 4.67. The molecule has 1 aliphatic heterocycles. The van der Waals surface area contributed by atoms with Crippen LogP contribution >= 0.6 is 11.6 Å². The molecule has 0 saturated heterocycles. The number of aromatic nitrogens is 4. The van der Waals surface area contributed by atoms with Gasteiger partial charge in [0, 0.05) is 32.5 Å². The second-order valence-corrected chi connectivity index (χ2v) is 7.14. The van der Waals surface area contributed by atoms with Gasteiger partial charge in [0.1, 0.15) is 5.69 Å². The van der Waals surface area contributed by atoms with Crippen LogP contribution in [0.1, 0.15) is 24.5 Å². The topological polar surface area (TPSA) is 73.1 Å². The minimum atomic E-state index is -2.46. The summed E-state index contributed by atoms with van der Waals surface area (Å²) >= 11 is 5.91. The molecule has 1 aliphatic rings. The fraction of sp³-hybridized carbons (Fsp3) is 0.300. The molecule has 7 nitrogen and oxygen atoms in total. The van der Waals surface area contributed by atoms with Crippen LogP contribution in [0.15, 0.2) is 30.6 Å². The van der Waals surface area contributed by atoms with E-state index in [2.05, 4.69) is 15.0 Å². The number of nitrogens with zero attached hydrogens (tertiary/aromatic N) is 5. The summed E-state index contributed by atoms with van der Waals surface area (Å²) in [5, 5.41) is 0.0245. The number of methoxy groups -OCH3 is 1. The summed E-state index contributed by atoms with van der Waals surface area (Å²) in [4.78, 5) is 26.8. The van der Waals surface area contributed by atoms with E-state index in [0.717, 1.165) is 23.1 Å². The molecule has 4 rings (SSSR count). The molecule has 10 heteroatoms. The van der Waals surface area contributed by atoms with Gasteiger partial charge in [-0.15, -0.1) is 0 Å². The molecule has 0 unspecified atom stereocenters. The van der Waals surface area contributed by atoms with Crippen molar-refractivity contribution in [2.75, 3.05) is 13.7 Å². The lowest BCUT2D eigenvalue weighted by molar-refractivity contribution is 0.0379. The van der Waals surface area contributed by atoms with Gasteiger partial charge in [-0.05, 0) is 41.8 Å². The number of aryl methyl sites for hydroxylation is 1. The number of halogens is 3. The average Bonchev–Trinajstić information content (AvgIpc) is 3.16. The predicted molar refractivity (Wildman–Crippen MR) is 105 cm³/mol. The maximum absolute atomic E-state index is 13.8. The fourth-order valence-corrected chi connectivity index (χ4v) is 3.40. The van der Waals surface area contributed by atoms with Crippen LogP contribution < -0.4 is 0 Å². The van der Waals surface area contributed by atoms with E-state index in [1.165, 1.54) is 13.3 Å². The third kappa shape index (κ3) is 3.78. The number of carbonyl (C=O) groups excluding carboxylic acids is 1. The average molecular weight is 436 g/mol. The Labute approximate surface area is 179 Å². The van der Waals surface area contributed by atoms with Gasteiger partial charge in [-0.1, -0.05) is 6.07 Å². The molecule has 2 aromatic heterocycles. The van der Waals surface area contributed by atoms with Crippen LogP contribution in [0.25, 0.3) is 11.4 Å². The van der Waals surface area contributed by atoms with Crippen molar-refractivity contribution in [2.24, 2.45) is 0 Å². The van der Waals surface area contributed by atoms with E-state index in [4.69, 9.17) is 19.1 Å². The van der Waals surface area contributed by atoms with Gasteiger partial charge in [-0.25, -0.2) is 23.7 Å². The first-order valence-corrected chi connectivity index (χ1v) is 9.36. The van der Waals surface area contributed by atoms with Crippen LogP contribution in [0.2, 0.25) is 5.28 Å². The Balaban J connectivity index is 1.79. The van der Waals surface area contributed by atoms with Crippen LogP contribution in [-0.2, 0) is 17.8 Å². The maximum Gasteiger partial charge on any atom is 0.290 e. The number of rotatable bonds is 5. The highest BCUT2D eigenvalue weighted by Gasteiger charge is 2.34. The summed E-state index contributed by atoms with van der Waals surface area (Å²) in [6.07, 6.45) is 3.17. The molecule has 0 bridgehead atoms. The number of fused-ring (bicyclic) bond motifs is 1. The van der Waals surface area contributed by atoms with Crippen LogP contribution in [0.5, 0.6) is 0 Å². The predicted octanol–water partition coefficient (Wildman–Crippen LogP) is 3.25. The zero-order valence-corrected chi connectivity index (χ0v) is 16.8. The molecule has 1 amide bonds. The second-order valence-electron chi connectivity index (χ2n) is 6.80. The van der Waals surface area contributed by atoms with Crippen molar-refractivity contribution >= 4 is 17.5 Å².